The first kappa shape index (κ1) is 12.8. The van der Waals surface area contributed by atoms with Crippen molar-refractivity contribution in [1.29, 1.82) is 0 Å². The van der Waals surface area contributed by atoms with Crippen LogP contribution in [-0.2, 0) is 9.53 Å². The summed E-state index contributed by atoms with van der Waals surface area (Å²) < 4.78 is 5.54. The lowest BCUT2D eigenvalue weighted by molar-refractivity contribution is -0.147. The average molecular weight is 241 g/mol. The quantitative estimate of drug-likeness (QED) is 0.793. The van der Waals surface area contributed by atoms with E-state index in [0.717, 1.165) is 25.7 Å². The first-order valence-electron chi connectivity index (χ1n) is 6.50. The summed E-state index contributed by atoms with van der Waals surface area (Å²) in [4.78, 5) is 14.1. The summed E-state index contributed by atoms with van der Waals surface area (Å²) in [6.45, 7) is 6.02. The van der Waals surface area contributed by atoms with Gasteiger partial charge >= 0.3 is 0 Å². The Hall–Kier alpha value is -0.610. The van der Waals surface area contributed by atoms with E-state index in [1.807, 2.05) is 25.7 Å². The van der Waals surface area contributed by atoms with Crippen molar-refractivity contribution in [2.24, 2.45) is 0 Å². The Morgan fingerprint density at radius 3 is 2.29 bits per heavy atom. The predicted octanol–water partition coefficient (Wildman–Crippen LogP) is 1.32. The van der Waals surface area contributed by atoms with Gasteiger partial charge in [0.1, 0.15) is 6.61 Å². The van der Waals surface area contributed by atoms with Gasteiger partial charge in [-0.3, -0.25) is 4.79 Å². The number of rotatable bonds is 2. The van der Waals surface area contributed by atoms with Crippen molar-refractivity contribution in [3.63, 3.8) is 0 Å². The van der Waals surface area contributed by atoms with Crippen LogP contribution in [0, 0.1) is 0 Å². The van der Waals surface area contributed by atoms with Crippen molar-refractivity contribution < 1.29 is 14.6 Å². The minimum Gasteiger partial charge on any atom is -0.393 e. The highest BCUT2D eigenvalue weighted by Gasteiger charge is 2.42. The van der Waals surface area contributed by atoms with Crippen molar-refractivity contribution in [2.45, 2.75) is 70.2 Å². The van der Waals surface area contributed by atoms with E-state index in [4.69, 9.17) is 4.74 Å². The second-order valence-electron chi connectivity index (χ2n) is 6.21. The molecule has 2 saturated heterocycles. The molecule has 0 aromatic rings. The van der Waals surface area contributed by atoms with Crippen LogP contribution in [0.1, 0.15) is 46.5 Å². The number of piperidine rings is 1. The lowest BCUT2D eigenvalue weighted by Crippen LogP contribution is -2.49. The Bertz CT molecular complexity index is 284. The molecule has 1 amide bonds. The zero-order chi connectivity index (χ0) is 12.6. The van der Waals surface area contributed by atoms with E-state index in [1.54, 1.807) is 0 Å². The molecule has 98 valence electrons. The van der Waals surface area contributed by atoms with Gasteiger partial charge in [-0.2, -0.15) is 0 Å². The topological polar surface area (TPSA) is 49.8 Å². The first-order chi connectivity index (χ1) is 7.87. The van der Waals surface area contributed by atoms with Crippen LogP contribution in [-0.4, -0.2) is 46.3 Å². The van der Waals surface area contributed by atoms with Gasteiger partial charge in [0.2, 0.25) is 5.91 Å². The number of carbonyl (C=O) groups excluding carboxylic acids is 1. The third-order valence-corrected chi connectivity index (χ3v) is 3.62. The van der Waals surface area contributed by atoms with Crippen LogP contribution in [0.4, 0.5) is 0 Å². The third kappa shape index (κ3) is 2.99. The molecule has 2 bridgehead atoms. The molecular formula is C13H23NO3. The van der Waals surface area contributed by atoms with Crippen LogP contribution in [0.3, 0.4) is 0 Å². The molecule has 2 unspecified atom stereocenters. The van der Waals surface area contributed by atoms with Crippen molar-refractivity contribution in [3.05, 3.63) is 0 Å². The van der Waals surface area contributed by atoms with Gasteiger partial charge in [-0.25, -0.2) is 0 Å². The number of amides is 1. The fourth-order valence-corrected chi connectivity index (χ4v) is 2.91. The molecule has 0 saturated carbocycles. The van der Waals surface area contributed by atoms with Crippen molar-refractivity contribution in [3.8, 4) is 0 Å². The van der Waals surface area contributed by atoms with Crippen LogP contribution in [0.25, 0.3) is 0 Å². The van der Waals surface area contributed by atoms with E-state index in [0.29, 0.717) is 0 Å². The Balaban J connectivity index is 1.92. The molecule has 4 heteroatoms. The Morgan fingerprint density at radius 1 is 1.29 bits per heavy atom. The fourth-order valence-electron chi connectivity index (χ4n) is 2.91. The van der Waals surface area contributed by atoms with Crippen LogP contribution in [0.2, 0.25) is 0 Å². The molecule has 2 atom stereocenters. The normalized spacial score (nSPS) is 32.9. The lowest BCUT2D eigenvalue weighted by Gasteiger charge is -2.37. The highest BCUT2D eigenvalue weighted by molar-refractivity contribution is 5.78. The summed E-state index contributed by atoms with van der Waals surface area (Å²) >= 11 is 0. The number of hydrogen-bond acceptors (Lipinski definition) is 3. The summed E-state index contributed by atoms with van der Waals surface area (Å²) in [6.07, 6.45) is 3.31. The van der Waals surface area contributed by atoms with Gasteiger partial charge < -0.3 is 14.7 Å². The fraction of sp³-hybridized carbons (Fsp3) is 0.923. The predicted molar refractivity (Wildman–Crippen MR) is 64.6 cm³/mol. The van der Waals surface area contributed by atoms with Crippen molar-refractivity contribution in [1.82, 2.24) is 4.90 Å². The second kappa shape index (κ2) is 4.58. The van der Waals surface area contributed by atoms with Gasteiger partial charge in [0.25, 0.3) is 0 Å². The lowest BCUT2D eigenvalue weighted by atomic mass is 10.00. The molecule has 2 fully saturated rings. The molecule has 0 radical (unpaired) electrons. The molecule has 2 heterocycles. The van der Waals surface area contributed by atoms with Crippen molar-refractivity contribution in [2.75, 3.05) is 6.61 Å². The maximum atomic E-state index is 12.1. The van der Waals surface area contributed by atoms with Gasteiger partial charge in [-0.05, 0) is 46.5 Å². The van der Waals surface area contributed by atoms with E-state index >= 15 is 0 Å². The third-order valence-electron chi connectivity index (χ3n) is 3.62. The molecule has 0 aromatic heterocycles. The first-order valence-corrected chi connectivity index (χ1v) is 6.50. The van der Waals surface area contributed by atoms with Gasteiger partial charge in [0.05, 0.1) is 11.7 Å². The van der Waals surface area contributed by atoms with Gasteiger partial charge in [0.15, 0.2) is 0 Å². The van der Waals surface area contributed by atoms with Crippen LogP contribution >= 0.6 is 0 Å². The zero-order valence-corrected chi connectivity index (χ0v) is 11.0. The Kier molecular flexibility index (Phi) is 3.46. The number of carbonyl (C=O) groups is 1. The number of nitrogens with zero attached hydrogens (tertiary/aromatic N) is 1. The molecule has 0 spiro atoms. The molecular weight excluding hydrogens is 218 g/mol. The summed E-state index contributed by atoms with van der Waals surface area (Å²) in [6, 6.07) is 0.472. The Labute approximate surface area is 103 Å². The molecule has 4 nitrogen and oxygen atoms in total. The largest absolute Gasteiger partial charge is 0.393 e. The van der Waals surface area contributed by atoms with Crippen LogP contribution in [0.5, 0.6) is 0 Å². The van der Waals surface area contributed by atoms with Crippen LogP contribution < -0.4 is 0 Å². The molecule has 0 aliphatic carbocycles. The number of aliphatic hydroxyl groups is 1. The number of fused-ring (bicyclic) bond motifs is 2. The second-order valence-corrected chi connectivity index (χ2v) is 6.21. The summed E-state index contributed by atoms with van der Waals surface area (Å²) in [5.41, 5.74) is -0.274. The maximum Gasteiger partial charge on any atom is 0.249 e. The Morgan fingerprint density at radius 2 is 1.82 bits per heavy atom. The van der Waals surface area contributed by atoms with Crippen molar-refractivity contribution >= 4 is 5.91 Å². The standard InChI is InChI=1S/C13H23NO3/c1-13(2,3)17-8-12(16)14-9-4-5-10(14)7-11(15)6-9/h9-11,15H,4-8H2,1-3H3. The molecule has 1 N–H and O–H groups in total. The average Bonchev–Trinajstić information content (AvgIpc) is 2.47. The highest BCUT2D eigenvalue weighted by Crippen LogP contribution is 2.35. The SMILES string of the molecule is CC(C)(C)OCC(=O)N1C2CCC1CC(O)C2. The van der Waals surface area contributed by atoms with Gasteiger partial charge in [-0.15, -0.1) is 0 Å². The molecule has 2 aliphatic rings. The van der Waals surface area contributed by atoms with Crippen LogP contribution in [0.15, 0.2) is 0 Å². The highest BCUT2D eigenvalue weighted by atomic mass is 16.5. The summed E-state index contributed by atoms with van der Waals surface area (Å²) in [5, 5.41) is 9.68. The summed E-state index contributed by atoms with van der Waals surface area (Å²) in [5.74, 6) is 0.0827. The smallest absolute Gasteiger partial charge is 0.249 e. The summed E-state index contributed by atoms with van der Waals surface area (Å²) in [7, 11) is 0. The van der Waals surface area contributed by atoms with E-state index in [9.17, 15) is 9.90 Å². The van der Waals surface area contributed by atoms with Gasteiger partial charge in [-0.1, -0.05) is 0 Å². The van der Waals surface area contributed by atoms with E-state index in [1.165, 1.54) is 0 Å². The monoisotopic (exact) mass is 241 g/mol. The van der Waals surface area contributed by atoms with E-state index < -0.39 is 0 Å². The molecule has 2 rings (SSSR count). The van der Waals surface area contributed by atoms with E-state index in [2.05, 4.69) is 0 Å². The number of aliphatic hydroxyl groups excluding tert-OH is 1. The molecule has 17 heavy (non-hydrogen) atoms. The minimum atomic E-state index is -0.274. The number of hydrogen-bond donors (Lipinski definition) is 1. The molecule has 2 aliphatic heterocycles. The maximum absolute atomic E-state index is 12.1. The van der Waals surface area contributed by atoms with Gasteiger partial charge in [0, 0.05) is 12.1 Å². The zero-order valence-electron chi connectivity index (χ0n) is 11.0. The minimum absolute atomic E-state index is 0.0827. The number of ether oxygens (including phenoxy) is 1. The van der Waals surface area contributed by atoms with E-state index in [-0.39, 0.29) is 36.3 Å². The molecule has 0 aromatic carbocycles.